The first-order valence-electron chi connectivity index (χ1n) is 4.56. The van der Waals surface area contributed by atoms with Gasteiger partial charge in [-0.15, -0.1) is 0 Å². The summed E-state index contributed by atoms with van der Waals surface area (Å²) in [5.74, 6) is 0.868. The number of benzene rings is 1. The van der Waals surface area contributed by atoms with E-state index in [1.807, 2.05) is 20.8 Å². The third kappa shape index (κ3) is 1.60. The molecule has 0 aromatic heterocycles. The van der Waals surface area contributed by atoms with Crippen molar-refractivity contribution in [2.75, 3.05) is 7.11 Å². The highest BCUT2D eigenvalue weighted by molar-refractivity contribution is 6.32. The Morgan fingerprint density at radius 1 is 1.14 bits per heavy atom. The van der Waals surface area contributed by atoms with Gasteiger partial charge in [-0.05, 0) is 37.5 Å². The molecule has 0 atom stereocenters. The Morgan fingerprint density at radius 3 is 2.14 bits per heavy atom. The Bertz CT molecular complexity index is 326. The van der Waals surface area contributed by atoms with Gasteiger partial charge >= 0.3 is 0 Å². The molecule has 1 rings (SSSR count). The maximum atomic E-state index is 6.18. The molecular weight excluding hydrogens is 198 g/mol. The molecule has 0 aliphatic carbocycles. The Balaban J connectivity index is 3.57. The van der Waals surface area contributed by atoms with Crippen LogP contribution in [0.2, 0.25) is 5.02 Å². The topological polar surface area (TPSA) is 35.2 Å². The van der Waals surface area contributed by atoms with Crippen molar-refractivity contribution in [2.45, 2.75) is 27.3 Å². The number of nitrogens with two attached hydrogens (primary N) is 1. The summed E-state index contributed by atoms with van der Waals surface area (Å²) in [6, 6.07) is 0. The molecule has 78 valence electrons. The molecule has 0 amide bonds. The second-order valence-corrected chi connectivity index (χ2v) is 3.78. The summed E-state index contributed by atoms with van der Waals surface area (Å²) in [5.41, 5.74) is 9.84. The average molecular weight is 214 g/mol. The van der Waals surface area contributed by atoms with Gasteiger partial charge in [0.15, 0.2) is 0 Å². The first-order chi connectivity index (χ1) is 6.54. The highest BCUT2D eigenvalue weighted by atomic mass is 35.5. The van der Waals surface area contributed by atoms with Crippen LogP contribution in [0.15, 0.2) is 0 Å². The number of ether oxygens (including phenoxy) is 1. The van der Waals surface area contributed by atoms with Crippen LogP contribution in [0.4, 0.5) is 0 Å². The molecule has 2 nitrogen and oxygen atoms in total. The minimum Gasteiger partial charge on any atom is -0.496 e. The van der Waals surface area contributed by atoms with Crippen molar-refractivity contribution >= 4 is 11.6 Å². The molecule has 1 aromatic carbocycles. The maximum absolute atomic E-state index is 6.18. The largest absolute Gasteiger partial charge is 0.496 e. The molecule has 0 fully saturated rings. The third-order valence-electron chi connectivity index (χ3n) is 2.70. The minimum atomic E-state index is 0.454. The van der Waals surface area contributed by atoms with Crippen LogP contribution in [0.5, 0.6) is 5.75 Å². The zero-order chi connectivity index (χ0) is 10.9. The maximum Gasteiger partial charge on any atom is 0.126 e. The Morgan fingerprint density at radius 2 is 1.71 bits per heavy atom. The number of methoxy groups -OCH3 is 1. The van der Waals surface area contributed by atoms with Gasteiger partial charge in [0.05, 0.1) is 7.11 Å². The summed E-state index contributed by atoms with van der Waals surface area (Å²) >= 11 is 6.18. The van der Waals surface area contributed by atoms with Crippen LogP contribution in [0, 0.1) is 20.8 Å². The molecule has 1 aromatic rings. The van der Waals surface area contributed by atoms with Crippen molar-refractivity contribution in [3.05, 3.63) is 27.3 Å². The van der Waals surface area contributed by atoms with Crippen molar-refractivity contribution in [1.82, 2.24) is 0 Å². The smallest absolute Gasteiger partial charge is 0.126 e. The standard InChI is InChI=1S/C11H16ClNO/c1-6-7(2)11(14-4)9(5-13)8(3)10(6)12/h5,13H2,1-4H3. The quantitative estimate of drug-likeness (QED) is 0.820. The molecule has 0 aliphatic heterocycles. The van der Waals surface area contributed by atoms with E-state index in [0.717, 1.165) is 33.0 Å². The van der Waals surface area contributed by atoms with Crippen LogP contribution in [0.1, 0.15) is 22.3 Å². The van der Waals surface area contributed by atoms with Crippen LogP contribution < -0.4 is 10.5 Å². The second-order valence-electron chi connectivity index (χ2n) is 3.40. The van der Waals surface area contributed by atoms with E-state index in [1.54, 1.807) is 7.11 Å². The summed E-state index contributed by atoms with van der Waals surface area (Å²) < 4.78 is 5.35. The zero-order valence-electron chi connectivity index (χ0n) is 9.07. The summed E-state index contributed by atoms with van der Waals surface area (Å²) in [6.07, 6.45) is 0. The van der Waals surface area contributed by atoms with Gasteiger partial charge in [-0.3, -0.25) is 0 Å². The van der Waals surface area contributed by atoms with E-state index < -0.39 is 0 Å². The molecule has 0 saturated carbocycles. The van der Waals surface area contributed by atoms with E-state index in [9.17, 15) is 0 Å². The summed E-state index contributed by atoms with van der Waals surface area (Å²) in [6.45, 7) is 6.42. The molecule has 3 heteroatoms. The lowest BCUT2D eigenvalue weighted by atomic mass is 9.99. The van der Waals surface area contributed by atoms with E-state index >= 15 is 0 Å². The van der Waals surface area contributed by atoms with Gasteiger partial charge in [-0.2, -0.15) is 0 Å². The molecule has 0 bridgehead atoms. The first-order valence-corrected chi connectivity index (χ1v) is 4.94. The van der Waals surface area contributed by atoms with E-state index in [-0.39, 0.29) is 0 Å². The summed E-state index contributed by atoms with van der Waals surface area (Å²) in [4.78, 5) is 0. The molecular formula is C11H16ClNO. The average Bonchev–Trinajstić information content (AvgIpc) is 2.20. The van der Waals surface area contributed by atoms with Gasteiger partial charge in [0.1, 0.15) is 5.75 Å². The van der Waals surface area contributed by atoms with Gasteiger partial charge in [0.2, 0.25) is 0 Å². The summed E-state index contributed by atoms with van der Waals surface area (Å²) in [7, 11) is 1.66. The Labute approximate surface area is 90.0 Å². The highest BCUT2D eigenvalue weighted by Gasteiger charge is 2.15. The normalized spacial score (nSPS) is 10.4. The van der Waals surface area contributed by atoms with Crippen LogP contribution in [0.25, 0.3) is 0 Å². The third-order valence-corrected chi connectivity index (χ3v) is 3.26. The van der Waals surface area contributed by atoms with Crippen LogP contribution in [-0.2, 0) is 6.54 Å². The lowest BCUT2D eigenvalue weighted by molar-refractivity contribution is 0.406. The molecule has 0 spiro atoms. The Hall–Kier alpha value is -0.730. The van der Waals surface area contributed by atoms with Crippen LogP contribution in [-0.4, -0.2) is 7.11 Å². The van der Waals surface area contributed by atoms with Gasteiger partial charge < -0.3 is 10.5 Å². The van der Waals surface area contributed by atoms with E-state index in [0.29, 0.717) is 6.54 Å². The molecule has 0 radical (unpaired) electrons. The Kier molecular flexibility index (Phi) is 3.40. The van der Waals surface area contributed by atoms with E-state index in [4.69, 9.17) is 22.1 Å². The van der Waals surface area contributed by atoms with Gasteiger partial charge in [-0.1, -0.05) is 11.6 Å². The first kappa shape index (κ1) is 11.3. The fraction of sp³-hybridized carbons (Fsp3) is 0.455. The second kappa shape index (κ2) is 4.20. The SMILES string of the molecule is COc1c(C)c(C)c(Cl)c(C)c1CN. The molecule has 0 aliphatic rings. The van der Waals surface area contributed by atoms with Gasteiger partial charge in [-0.25, -0.2) is 0 Å². The summed E-state index contributed by atoms with van der Waals surface area (Å²) in [5, 5.41) is 0.795. The monoisotopic (exact) mass is 213 g/mol. The number of halogens is 1. The number of rotatable bonds is 2. The highest BCUT2D eigenvalue weighted by Crippen LogP contribution is 2.35. The van der Waals surface area contributed by atoms with Crippen molar-refractivity contribution in [3.8, 4) is 5.75 Å². The van der Waals surface area contributed by atoms with E-state index in [1.165, 1.54) is 0 Å². The lowest BCUT2D eigenvalue weighted by Gasteiger charge is -2.17. The molecule has 14 heavy (non-hydrogen) atoms. The van der Waals surface area contributed by atoms with Crippen LogP contribution in [0.3, 0.4) is 0 Å². The van der Waals surface area contributed by atoms with Crippen molar-refractivity contribution in [1.29, 1.82) is 0 Å². The van der Waals surface area contributed by atoms with Gasteiger partial charge in [0.25, 0.3) is 0 Å². The number of hydrogen-bond acceptors (Lipinski definition) is 2. The molecule has 0 heterocycles. The molecule has 0 saturated heterocycles. The molecule has 0 unspecified atom stereocenters. The fourth-order valence-electron chi connectivity index (χ4n) is 1.67. The minimum absolute atomic E-state index is 0.454. The predicted octanol–water partition coefficient (Wildman–Crippen LogP) is 2.73. The van der Waals surface area contributed by atoms with Crippen molar-refractivity contribution < 1.29 is 4.74 Å². The predicted molar refractivity (Wildman–Crippen MR) is 60.1 cm³/mol. The molecule has 2 N–H and O–H groups in total. The number of hydrogen-bond donors (Lipinski definition) is 1. The van der Waals surface area contributed by atoms with Crippen LogP contribution >= 0.6 is 11.6 Å². The fourth-order valence-corrected chi connectivity index (χ4v) is 1.92. The van der Waals surface area contributed by atoms with Gasteiger partial charge in [0, 0.05) is 17.1 Å². The van der Waals surface area contributed by atoms with Crippen molar-refractivity contribution in [3.63, 3.8) is 0 Å². The zero-order valence-corrected chi connectivity index (χ0v) is 9.83. The lowest BCUT2D eigenvalue weighted by Crippen LogP contribution is -2.06. The van der Waals surface area contributed by atoms with Crippen molar-refractivity contribution in [2.24, 2.45) is 5.73 Å². The van der Waals surface area contributed by atoms with E-state index in [2.05, 4.69) is 0 Å².